The van der Waals surface area contributed by atoms with Crippen molar-refractivity contribution in [2.75, 3.05) is 13.1 Å². The first-order valence-electron chi connectivity index (χ1n) is 9.51. The molecule has 0 spiro atoms. The molecule has 0 fully saturated rings. The Morgan fingerprint density at radius 2 is 1.62 bits per heavy atom. The third-order valence-corrected chi connectivity index (χ3v) is 4.37. The summed E-state index contributed by atoms with van der Waals surface area (Å²) in [4.78, 5) is 24.2. The van der Waals surface area contributed by atoms with Crippen LogP contribution in [0.4, 0.5) is 0 Å². The van der Waals surface area contributed by atoms with Gasteiger partial charge in [0.25, 0.3) is 5.91 Å². The minimum atomic E-state index is -0.599. The van der Waals surface area contributed by atoms with E-state index in [1.54, 1.807) is 6.07 Å². The van der Waals surface area contributed by atoms with Crippen molar-refractivity contribution in [1.82, 2.24) is 15.8 Å². The minimum absolute atomic E-state index is 0.204. The van der Waals surface area contributed by atoms with Crippen LogP contribution < -0.4 is 16.4 Å². The van der Waals surface area contributed by atoms with Gasteiger partial charge in [-0.15, -0.1) is 0 Å². The second kappa shape index (κ2) is 10.2. The average molecular weight is 392 g/mol. The van der Waals surface area contributed by atoms with Crippen LogP contribution in [-0.4, -0.2) is 36.1 Å². The molecule has 2 amide bonds. The fourth-order valence-corrected chi connectivity index (χ4v) is 2.80. The molecule has 1 atom stereocenters. The Morgan fingerprint density at radius 3 is 2.34 bits per heavy atom. The molecule has 0 aliphatic heterocycles. The SMILES string of the molecule is N[C@@H](Cc1ccccc1)C(=O)NCCCNC(=O)c1cc(-c2ccccc2)on1. The Labute approximate surface area is 169 Å². The van der Waals surface area contributed by atoms with Gasteiger partial charge in [-0.2, -0.15) is 0 Å². The van der Waals surface area contributed by atoms with Crippen LogP contribution in [0.25, 0.3) is 11.3 Å². The van der Waals surface area contributed by atoms with E-state index in [-0.39, 0.29) is 17.5 Å². The van der Waals surface area contributed by atoms with Gasteiger partial charge in [-0.25, -0.2) is 0 Å². The Hall–Kier alpha value is -3.45. The van der Waals surface area contributed by atoms with Gasteiger partial charge in [0.15, 0.2) is 11.5 Å². The molecule has 0 saturated heterocycles. The maximum Gasteiger partial charge on any atom is 0.273 e. The molecular formula is C22H24N4O3. The number of amides is 2. The summed E-state index contributed by atoms with van der Waals surface area (Å²) in [5, 5.41) is 9.36. The summed E-state index contributed by atoms with van der Waals surface area (Å²) in [6.45, 7) is 0.830. The highest BCUT2D eigenvalue weighted by Gasteiger charge is 2.14. The number of hydrogen-bond acceptors (Lipinski definition) is 5. The van der Waals surface area contributed by atoms with Gasteiger partial charge >= 0.3 is 0 Å². The quantitative estimate of drug-likeness (QED) is 0.483. The molecule has 1 heterocycles. The molecule has 3 rings (SSSR count). The Morgan fingerprint density at radius 1 is 0.966 bits per heavy atom. The predicted octanol–water partition coefficient (Wildman–Crippen LogP) is 2.15. The fraction of sp³-hybridized carbons (Fsp3) is 0.227. The number of carbonyl (C=O) groups is 2. The zero-order valence-electron chi connectivity index (χ0n) is 16.0. The fourth-order valence-electron chi connectivity index (χ4n) is 2.80. The van der Waals surface area contributed by atoms with Gasteiger partial charge < -0.3 is 20.9 Å². The molecule has 2 aromatic carbocycles. The molecule has 29 heavy (non-hydrogen) atoms. The van der Waals surface area contributed by atoms with E-state index >= 15 is 0 Å². The lowest BCUT2D eigenvalue weighted by molar-refractivity contribution is -0.122. The van der Waals surface area contributed by atoms with Crippen molar-refractivity contribution in [2.45, 2.75) is 18.9 Å². The summed E-state index contributed by atoms with van der Waals surface area (Å²) in [5.41, 5.74) is 8.03. The molecule has 0 aliphatic carbocycles. The lowest BCUT2D eigenvalue weighted by atomic mass is 10.1. The molecule has 3 aromatic rings. The molecular weight excluding hydrogens is 368 g/mol. The van der Waals surface area contributed by atoms with Crippen LogP contribution in [0.3, 0.4) is 0 Å². The number of hydrogen-bond donors (Lipinski definition) is 3. The van der Waals surface area contributed by atoms with Crippen LogP contribution in [0.2, 0.25) is 0 Å². The lowest BCUT2D eigenvalue weighted by Gasteiger charge is -2.12. The van der Waals surface area contributed by atoms with Crippen LogP contribution in [-0.2, 0) is 11.2 Å². The van der Waals surface area contributed by atoms with Gasteiger partial charge in [-0.1, -0.05) is 65.8 Å². The van der Waals surface area contributed by atoms with E-state index in [9.17, 15) is 9.59 Å². The number of rotatable bonds is 9. The van der Waals surface area contributed by atoms with Crippen LogP contribution in [0, 0.1) is 0 Å². The predicted molar refractivity (Wildman–Crippen MR) is 110 cm³/mol. The minimum Gasteiger partial charge on any atom is -0.355 e. The van der Waals surface area contributed by atoms with Gasteiger partial charge in [0.2, 0.25) is 5.91 Å². The number of carbonyl (C=O) groups excluding carboxylic acids is 2. The molecule has 0 unspecified atom stereocenters. The second-order valence-corrected chi connectivity index (χ2v) is 6.64. The zero-order chi connectivity index (χ0) is 20.5. The highest BCUT2D eigenvalue weighted by atomic mass is 16.5. The monoisotopic (exact) mass is 392 g/mol. The Bertz CT molecular complexity index is 926. The molecule has 4 N–H and O–H groups in total. The largest absolute Gasteiger partial charge is 0.355 e. The highest BCUT2D eigenvalue weighted by molar-refractivity contribution is 5.93. The van der Waals surface area contributed by atoms with E-state index in [2.05, 4.69) is 15.8 Å². The highest BCUT2D eigenvalue weighted by Crippen LogP contribution is 2.19. The molecule has 7 heteroatoms. The number of nitrogens with two attached hydrogens (primary N) is 1. The summed E-state index contributed by atoms with van der Waals surface area (Å²) in [5.74, 6) is 0.0163. The zero-order valence-corrected chi connectivity index (χ0v) is 16.0. The van der Waals surface area contributed by atoms with Crippen molar-refractivity contribution in [3.8, 4) is 11.3 Å². The third-order valence-electron chi connectivity index (χ3n) is 4.37. The first kappa shape index (κ1) is 20.3. The maximum atomic E-state index is 12.2. The summed E-state index contributed by atoms with van der Waals surface area (Å²) < 4.78 is 5.22. The number of benzene rings is 2. The van der Waals surface area contributed by atoms with Gasteiger partial charge in [-0.05, 0) is 18.4 Å². The summed E-state index contributed by atoms with van der Waals surface area (Å²) in [6, 6.07) is 20.1. The summed E-state index contributed by atoms with van der Waals surface area (Å²) in [7, 11) is 0. The second-order valence-electron chi connectivity index (χ2n) is 6.64. The summed E-state index contributed by atoms with van der Waals surface area (Å²) in [6.07, 6.45) is 1.07. The van der Waals surface area contributed by atoms with Crippen molar-refractivity contribution >= 4 is 11.8 Å². The van der Waals surface area contributed by atoms with Crippen molar-refractivity contribution < 1.29 is 14.1 Å². The van der Waals surface area contributed by atoms with E-state index in [0.29, 0.717) is 31.7 Å². The molecule has 0 radical (unpaired) electrons. The van der Waals surface area contributed by atoms with E-state index in [1.807, 2.05) is 60.7 Å². The first-order chi connectivity index (χ1) is 14.1. The molecule has 150 valence electrons. The van der Waals surface area contributed by atoms with E-state index in [1.165, 1.54) is 0 Å². The lowest BCUT2D eigenvalue weighted by Crippen LogP contribution is -2.42. The van der Waals surface area contributed by atoms with Crippen LogP contribution in [0.1, 0.15) is 22.5 Å². The molecule has 1 aromatic heterocycles. The number of aromatic nitrogens is 1. The van der Waals surface area contributed by atoms with Crippen LogP contribution >= 0.6 is 0 Å². The van der Waals surface area contributed by atoms with Crippen LogP contribution in [0.5, 0.6) is 0 Å². The first-order valence-corrected chi connectivity index (χ1v) is 9.51. The van der Waals surface area contributed by atoms with Crippen molar-refractivity contribution in [3.05, 3.63) is 78.0 Å². The van der Waals surface area contributed by atoms with Gasteiger partial charge in [-0.3, -0.25) is 9.59 Å². The molecule has 0 bridgehead atoms. The maximum absolute atomic E-state index is 12.2. The molecule has 7 nitrogen and oxygen atoms in total. The van der Waals surface area contributed by atoms with Gasteiger partial charge in [0.1, 0.15) is 0 Å². The van der Waals surface area contributed by atoms with Crippen molar-refractivity contribution in [1.29, 1.82) is 0 Å². The number of nitrogens with zero attached hydrogens (tertiary/aromatic N) is 1. The van der Waals surface area contributed by atoms with E-state index in [0.717, 1.165) is 11.1 Å². The van der Waals surface area contributed by atoms with Gasteiger partial charge in [0.05, 0.1) is 6.04 Å². The third kappa shape index (κ3) is 6.02. The van der Waals surface area contributed by atoms with E-state index < -0.39 is 6.04 Å². The standard InChI is InChI=1S/C22H24N4O3/c23-18(14-16-8-3-1-4-9-16)21(27)24-12-7-13-25-22(28)19-15-20(29-26-19)17-10-5-2-6-11-17/h1-6,8-11,15,18H,7,12-14,23H2,(H,24,27)(H,25,28)/t18-/m0/s1. The van der Waals surface area contributed by atoms with Crippen LogP contribution in [0.15, 0.2) is 71.3 Å². The van der Waals surface area contributed by atoms with Gasteiger partial charge in [0, 0.05) is 24.7 Å². The smallest absolute Gasteiger partial charge is 0.273 e. The van der Waals surface area contributed by atoms with Crippen molar-refractivity contribution in [2.24, 2.45) is 5.73 Å². The molecule has 0 saturated carbocycles. The average Bonchev–Trinajstić information content (AvgIpc) is 3.25. The Balaban J connectivity index is 1.35. The topological polar surface area (TPSA) is 110 Å². The summed E-state index contributed by atoms with van der Waals surface area (Å²) >= 11 is 0. The number of nitrogens with one attached hydrogen (secondary N) is 2. The molecule has 0 aliphatic rings. The van der Waals surface area contributed by atoms with E-state index in [4.69, 9.17) is 10.3 Å². The Kier molecular flexibility index (Phi) is 7.13. The normalized spacial score (nSPS) is 11.6. The van der Waals surface area contributed by atoms with Crippen molar-refractivity contribution in [3.63, 3.8) is 0 Å².